The lowest BCUT2D eigenvalue weighted by molar-refractivity contribution is 0.0756. The summed E-state index contributed by atoms with van der Waals surface area (Å²) in [5.74, 6) is 0.753. The molecule has 3 heterocycles. The lowest BCUT2D eigenvalue weighted by Crippen LogP contribution is -2.38. The molecule has 5 rings (SSSR count). The third-order valence-electron chi connectivity index (χ3n) is 6.18. The van der Waals surface area contributed by atoms with Crippen molar-refractivity contribution in [3.63, 3.8) is 0 Å². The van der Waals surface area contributed by atoms with Crippen molar-refractivity contribution in [3.8, 4) is 5.75 Å². The van der Waals surface area contributed by atoms with E-state index in [0.29, 0.717) is 25.5 Å². The molecular weight excluding hydrogens is 482 g/mol. The van der Waals surface area contributed by atoms with Crippen LogP contribution in [-0.2, 0) is 0 Å². The van der Waals surface area contributed by atoms with Crippen molar-refractivity contribution in [2.24, 2.45) is 0 Å². The van der Waals surface area contributed by atoms with E-state index >= 15 is 0 Å². The number of benzene rings is 2. The Hall–Kier alpha value is -2.99. The van der Waals surface area contributed by atoms with Crippen LogP contribution in [0.2, 0.25) is 0 Å². The fourth-order valence-electron chi connectivity index (χ4n) is 4.36. The number of methoxy groups -OCH3 is 1. The summed E-state index contributed by atoms with van der Waals surface area (Å²) in [6.45, 7) is 4.80. The summed E-state index contributed by atoms with van der Waals surface area (Å²) in [6.07, 6.45) is -0.210. The summed E-state index contributed by atoms with van der Waals surface area (Å²) >= 11 is 3.03. The molecule has 1 aliphatic heterocycles. The van der Waals surface area contributed by atoms with Gasteiger partial charge in [-0.1, -0.05) is 10.6 Å². The number of carbonyl (C=O) groups is 1. The Kier molecular flexibility index (Phi) is 6.74. The van der Waals surface area contributed by atoms with Gasteiger partial charge in [0.05, 0.1) is 29.2 Å². The second-order valence-corrected chi connectivity index (χ2v) is 10.5. The van der Waals surface area contributed by atoms with Gasteiger partial charge in [-0.2, -0.15) is 0 Å². The number of anilines is 2. The molecule has 11 heteroatoms. The van der Waals surface area contributed by atoms with E-state index in [4.69, 9.17) is 4.74 Å². The van der Waals surface area contributed by atoms with Gasteiger partial charge in [0.1, 0.15) is 17.4 Å². The zero-order chi connectivity index (χ0) is 24.5. The van der Waals surface area contributed by atoms with Gasteiger partial charge >= 0.3 is 0 Å². The Morgan fingerprint density at radius 2 is 2.11 bits per heavy atom. The molecule has 3 N–H and O–H groups in total. The van der Waals surface area contributed by atoms with E-state index in [1.54, 1.807) is 18.4 Å². The normalized spacial score (nSPS) is 15.3. The largest absolute Gasteiger partial charge is 0.495 e. The molecule has 0 saturated heterocycles. The number of hydrogen-bond acceptors (Lipinski definition) is 10. The number of rotatable bonds is 8. The Morgan fingerprint density at radius 3 is 2.89 bits per heavy atom. The van der Waals surface area contributed by atoms with Crippen molar-refractivity contribution in [2.45, 2.75) is 13.1 Å². The predicted octanol–water partition coefficient (Wildman–Crippen LogP) is 4.02. The van der Waals surface area contributed by atoms with Crippen LogP contribution in [0.5, 0.6) is 5.75 Å². The molecule has 184 valence electrons. The van der Waals surface area contributed by atoms with Crippen LogP contribution in [0.4, 0.5) is 10.7 Å². The summed E-state index contributed by atoms with van der Waals surface area (Å²) < 4.78 is 11.8. The van der Waals surface area contributed by atoms with Gasteiger partial charge in [0.2, 0.25) is 0 Å². The zero-order valence-electron chi connectivity index (χ0n) is 20.2. The lowest BCUT2D eigenvalue weighted by atomic mass is 10.0. The quantitative estimate of drug-likeness (QED) is 0.327. The molecule has 0 spiro atoms. The maximum absolute atomic E-state index is 13.7. The molecule has 0 aliphatic carbocycles. The van der Waals surface area contributed by atoms with Crippen molar-refractivity contribution < 1.29 is 9.53 Å². The van der Waals surface area contributed by atoms with Crippen LogP contribution in [0.1, 0.15) is 29.0 Å². The number of hydrogen-bond donors (Lipinski definition) is 3. The first-order chi connectivity index (χ1) is 17.0. The number of carbonyl (C=O) groups excluding carboxylic acids is 1. The second-order valence-electron chi connectivity index (χ2n) is 8.64. The fourth-order valence-corrected chi connectivity index (χ4v) is 6.10. The fraction of sp³-hybridized carbons (Fsp3) is 0.375. The van der Waals surface area contributed by atoms with E-state index in [1.165, 1.54) is 11.5 Å². The Balaban J connectivity index is 1.56. The molecule has 4 aromatic rings. The summed E-state index contributed by atoms with van der Waals surface area (Å²) in [4.78, 5) is 17.7. The van der Waals surface area contributed by atoms with E-state index in [1.807, 2.05) is 50.2 Å². The molecule has 1 unspecified atom stereocenters. The monoisotopic (exact) mass is 511 g/mol. The minimum atomic E-state index is -0.210. The molecule has 0 bridgehead atoms. The van der Waals surface area contributed by atoms with Gasteiger partial charge in [-0.15, -0.1) is 16.4 Å². The van der Waals surface area contributed by atoms with E-state index in [2.05, 4.69) is 36.5 Å². The minimum Gasteiger partial charge on any atom is -0.495 e. The molecule has 2 aromatic carbocycles. The van der Waals surface area contributed by atoms with E-state index in [-0.39, 0.29) is 12.1 Å². The molecule has 2 aromatic heterocycles. The molecular formula is C24H29N7O2S2. The minimum absolute atomic E-state index is 0.0552. The van der Waals surface area contributed by atoms with Gasteiger partial charge in [-0.3, -0.25) is 10.1 Å². The van der Waals surface area contributed by atoms with Crippen LogP contribution >= 0.6 is 22.9 Å². The highest BCUT2D eigenvalue weighted by Crippen LogP contribution is 2.44. The van der Waals surface area contributed by atoms with Gasteiger partial charge < -0.3 is 25.2 Å². The molecule has 1 aliphatic rings. The molecule has 1 amide bonds. The van der Waals surface area contributed by atoms with Crippen molar-refractivity contribution in [1.82, 2.24) is 24.7 Å². The van der Waals surface area contributed by atoms with Gasteiger partial charge in [-0.05, 0) is 50.8 Å². The number of fused-ring (bicyclic) bond motifs is 4. The summed E-state index contributed by atoms with van der Waals surface area (Å²) in [6, 6.07) is 9.91. The van der Waals surface area contributed by atoms with E-state index in [9.17, 15) is 4.79 Å². The average molecular weight is 512 g/mol. The third kappa shape index (κ3) is 4.52. The van der Waals surface area contributed by atoms with E-state index < -0.39 is 0 Å². The Morgan fingerprint density at radius 1 is 1.26 bits per heavy atom. The van der Waals surface area contributed by atoms with Crippen molar-refractivity contribution in [3.05, 3.63) is 41.5 Å². The standard InChI is InChI=1S/C24H29N7O2S2/c1-5-31(10-9-30(2)3)24(32)14-7-6-8-18-20(14)21-22(25-13-26-23(21)34-18)27-15-12-19-16(28-29-35-19)11-17(15)33-4/h6-8,11-12,22,25-27H,5,9-10,13H2,1-4H3. The van der Waals surface area contributed by atoms with Gasteiger partial charge in [0.15, 0.2) is 0 Å². The Bertz CT molecular complexity index is 1370. The first kappa shape index (κ1) is 23.7. The molecule has 9 nitrogen and oxygen atoms in total. The van der Waals surface area contributed by atoms with Crippen LogP contribution in [0.25, 0.3) is 20.3 Å². The molecule has 0 saturated carbocycles. The predicted molar refractivity (Wildman–Crippen MR) is 144 cm³/mol. The number of nitrogens with zero attached hydrogens (tertiary/aromatic N) is 4. The van der Waals surface area contributed by atoms with Crippen LogP contribution in [0.3, 0.4) is 0 Å². The summed E-state index contributed by atoms with van der Waals surface area (Å²) in [7, 11) is 5.70. The maximum atomic E-state index is 13.7. The maximum Gasteiger partial charge on any atom is 0.254 e. The first-order valence-electron chi connectivity index (χ1n) is 11.5. The van der Waals surface area contributed by atoms with Crippen molar-refractivity contribution >= 4 is 59.8 Å². The van der Waals surface area contributed by atoms with E-state index in [0.717, 1.165) is 48.7 Å². The smallest absolute Gasteiger partial charge is 0.254 e. The highest BCUT2D eigenvalue weighted by molar-refractivity contribution is 7.23. The average Bonchev–Trinajstić information content (AvgIpc) is 3.47. The van der Waals surface area contributed by atoms with Gasteiger partial charge in [0, 0.05) is 46.9 Å². The van der Waals surface area contributed by atoms with Gasteiger partial charge in [0.25, 0.3) is 5.91 Å². The highest BCUT2D eigenvalue weighted by atomic mass is 32.1. The van der Waals surface area contributed by atoms with Crippen molar-refractivity contribution in [1.29, 1.82) is 0 Å². The number of thiophene rings is 1. The molecule has 1 atom stereocenters. The third-order valence-corrected chi connectivity index (χ3v) is 8.00. The number of likely N-dealkylation sites (N-methyl/N-ethyl adjacent to an activating group) is 2. The second kappa shape index (κ2) is 9.94. The van der Waals surface area contributed by atoms with Crippen LogP contribution in [0.15, 0.2) is 30.3 Å². The van der Waals surface area contributed by atoms with Gasteiger partial charge in [-0.25, -0.2) is 0 Å². The number of amides is 1. The summed E-state index contributed by atoms with van der Waals surface area (Å²) in [5, 5.41) is 16.8. The number of aromatic nitrogens is 2. The number of nitrogens with one attached hydrogen (secondary N) is 3. The van der Waals surface area contributed by atoms with Crippen LogP contribution < -0.4 is 20.7 Å². The first-order valence-corrected chi connectivity index (χ1v) is 13.1. The number of ether oxygens (including phenoxy) is 1. The summed E-state index contributed by atoms with van der Waals surface area (Å²) in [5.41, 5.74) is 3.43. The highest BCUT2D eigenvalue weighted by Gasteiger charge is 2.29. The van der Waals surface area contributed by atoms with Crippen molar-refractivity contribution in [2.75, 3.05) is 58.1 Å². The molecule has 0 fully saturated rings. The zero-order valence-corrected chi connectivity index (χ0v) is 21.8. The van der Waals surface area contributed by atoms with Crippen LogP contribution in [-0.4, -0.2) is 72.8 Å². The lowest BCUT2D eigenvalue weighted by Gasteiger charge is -2.29. The van der Waals surface area contributed by atoms with Crippen LogP contribution in [0, 0.1) is 0 Å². The molecule has 0 radical (unpaired) electrons. The Labute approximate surface area is 212 Å². The SMILES string of the molecule is CCN(CCN(C)C)C(=O)c1cccc2sc3c(c12)C(Nc1cc2snnc2cc1OC)NCN3. The topological polar surface area (TPSA) is 94.7 Å². The molecule has 35 heavy (non-hydrogen) atoms.